The molecule has 0 aliphatic carbocycles. The Hall–Kier alpha value is -3.14. The summed E-state index contributed by atoms with van der Waals surface area (Å²) in [5.41, 5.74) is 0.512. The Labute approximate surface area is 212 Å². The second-order valence-electron chi connectivity index (χ2n) is 8.36. The number of halogens is 1. The summed E-state index contributed by atoms with van der Waals surface area (Å²) in [6.07, 6.45) is 0.683. The minimum absolute atomic E-state index is 0.0198. The highest BCUT2D eigenvalue weighted by Gasteiger charge is 2.38. The van der Waals surface area contributed by atoms with E-state index in [9.17, 15) is 9.59 Å². The quantitative estimate of drug-likeness (QED) is 0.493. The highest BCUT2D eigenvalue weighted by Crippen LogP contribution is 2.34. The molecule has 0 N–H and O–H groups in total. The van der Waals surface area contributed by atoms with Gasteiger partial charge in [-0.3, -0.25) is 4.79 Å². The van der Waals surface area contributed by atoms with Gasteiger partial charge in [-0.05, 0) is 65.2 Å². The lowest BCUT2D eigenvalue weighted by molar-refractivity contribution is 0.0657. The van der Waals surface area contributed by atoms with Crippen molar-refractivity contribution in [3.8, 4) is 23.0 Å². The minimum Gasteiger partial charge on any atom is -0.497 e. The van der Waals surface area contributed by atoms with Crippen molar-refractivity contribution in [1.29, 1.82) is 0 Å². The summed E-state index contributed by atoms with van der Waals surface area (Å²) in [4.78, 5) is 29.2. The number of carbonyl (C=O) groups is 2. The van der Waals surface area contributed by atoms with Gasteiger partial charge in [0.2, 0.25) is 0 Å². The van der Waals surface area contributed by atoms with E-state index in [4.69, 9.17) is 23.7 Å². The van der Waals surface area contributed by atoms with Crippen LogP contribution in [-0.2, 0) is 4.74 Å². The van der Waals surface area contributed by atoms with E-state index in [1.54, 1.807) is 36.2 Å². The molecule has 2 fully saturated rings. The molecule has 2 amide bonds. The van der Waals surface area contributed by atoms with E-state index in [1.807, 2.05) is 24.3 Å². The Morgan fingerprint density at radius 1 is 1.00 bits per heavy atom. The monoisotopic (exact) mass is 548 g/mol. The lowest BCUT2D eigenvalue weighted by atomic mass is 10.0. The predicted molar refractivity (Wildman–Crippen MR) is 132 cm³/mol. The average Bonchev–Trinajstić information content (AvgIpc) is 3.27. The number of cyclic esters (lactones) is 1. The molecule has 1 atom stereocenters. The van der Waals surface area contributed by atoms with E-state index in [0.29, 0.717) is 59.8 Å². The second-order valence-corrected chi connectivity index (χ2v) is 9.21. The zero-order valence-corrected chi connectivity index (χ0v) is 21.6. The Balaban J connectivity index is 1.30. The van der Waals surface area contributed by atoms with Crippen molar-refractivity contribution in [2.24, 2.45) is 0 Å². The van der Waals surface area contributed by atoms with Crippen LogP contribution in [-0.4, -0.2) is 81.5 Å². The number of likely N-dealkylation sites (tertiary alicyclic amines) is 1. The standard InChI is InChI=1S/C25H29BrN2O7/c1-31-17-4-6-18(7-5-17)34-15-19-14-28(25(30)35-19)16-8-10-27(11-9-16)24(29)20-12-22(32-2)23(33-3)13-21(20)26/h4-7,12-13,16,19H,8-11,14-15H2,1-3H3. The largest absolute Gasteiger partial charge is 0.497 e. The van der Waals surface area contributed by atoms with E-state index in [2.05, 4.69) is 15.9 Å². The number of amides is 2. The molecule has 10 heteroatoms. The summed E-state index contributed by atoms with van der Waals surface area (Å²) in [5.74, 6) is 2.39. The fourth-order valence-corrected chi connectivity index (χ4v) is 4.85. The molecule has 0 bridgehead atoms. The van der Waals surface area contributed by atoms with Gasteiger partial charge in [0.1, 0.15) is 18.1 Å². The second kappa shape index (κ2) is 11.1. The van der Waals surface area contributed by atoms with Crippen LogP contribution in [0.3, 0.4) is 0 Å². The Kier molecular flexibility index (Phi) is 7.90. The third-order valence-corrected chi connectivity index (χ3v) is 6.95. The molecule has 2 heterocycles. The first-order chi connectivity index (χ1) is 16.9. The molecule has 35 heavy (non-hydrogen) atoms. The van der Waals surface area contributed by atoms with Gasteiger partial charge >= 0.3 is 6.09 Å². The lowest BCUT2D eigenvalue weighted by Crippen LogP contribution is -2.47. The molecule has 2 aromatic carbocycles. The molecule has 2 saturated heterocycles. The summed E-state index contributed by atoms with van der Waals surface area (Å²) in [7, 11) is 4.70. The van der Waals surface area contributed by atoms with Gasteiger partial charge in [-0.25, -0.2) is 4.79 Å². The van der Waals surface area contributed by atoms with Gasteiger partial charge in [-0.15, -0.1) is 0 Å². The number of hydrogen-bond acceptors (Lipinski definition) is 7. The zero-order valence-electron chi connectivity index (χ0n) is 20.0. The summed E-state index contributed by atoms with van der Waals surface area (Å²) >= 11 is 3.47. The molecule has 0 radical (unpaired) electrons. The highest BCUT2D eigenvalue weighted by molar-refractivity contribution is 9.10. The maximum atomic E-state index is 13.2. The van der Waals surface area contributed by atoms with Crippen molar-refractivity contribution in [2.45, 2.75) is 25.0 Å². The van der Waals surface area contributed by atoms with Crippen LogP contribution in [0.1, 0.15) is 23.2 Å². The van der Waals surface area contributed by atoms with Gasteiger partial charge in [-0.2, -0.15) is 0 Å². The maximum absolute atomic E-state index is 13.2. The van der Waals surface area contributed by atoms with Gasteiger partial charge in [0.15, 0.2) is 17.6 Å². The highest BCUT2D eigenvalue weighted by atomic mass is 79.9. The molecule has 9 nitrogen and oxygen atoms in total. The number of benzene rings is 2. The van der Waals surface area contributed by atoms with Crippen molar-refractivity contribution >= 4 is 27.9 Å². The maximum Gasteiger partial charge on any atom is 0.410 e. The van der Waals surface area contributed by atoms with Crippen molar-refractivity contribution in [3.63, 3.8) is 0 Å². The molecular formula is C25H29BrN2O7. The summed E-state index contributed by atoms with van der Waals surface area (Å²) in [6, 6.07) is 10.7. The van der Waals surface area contributed by atoms with Crippen LogP contribution >= 0.6 is 15.9 Å². The van der Waals surface area contributed by atoms with E-state index >= 15 is 0 Å². The first-order valence-corrected chi connectivity index (χ1v) is 12.2. The molecular weight excluding hydrogens is 520 g/mol. The Bertz CT molecular complexity index is 1050. The number of piperidine rings is 1. The zero-order chi connectivity index (χ0) is 24.9. The van der Waals surface area contributed by atoms with Crippen LogP contribution in [0.5, 0.6) is 23.0 Å². The normalized spacial score (nSPS) is 18.3. The number of methoxy groups -OCH3 is 3. The van der Waals surface area contributed by atoms with E-state index < -0.39 is 0 Å². The van der Waals surface area contributed by atoms with Crippen molar-refractivity contribution in [3.05, 3.63) is 46.4 Å². The third kappa shape index (κ3) is 5.58. The van der Waals surface area contributed by atoms with Gasteiger partial charge in [0.05, 0.1) is 33.4 Å². The Morgan fingerprint density at radius 3 is 2.26 bits per heavy atom. The smallest absolute Gasteiger partial charge is 0.410 e. The van der Waals surface area contributed by atoms with Crippen LogP contribution in [0.15, 0.2) is 40.9 Å². The predicted octanol–water partition coefficient (Wildman–Crippen LogP) is 3.98. The van der Waals surface area contributed by atoms with Gasteiger partial charge in [-0.1, -0.05) is 0 Å². The summed E-state index contributed by atoms with van der Waals surface area (Å²) < 4.78 is 27.7. The van der Waals surface area contributed by atoms with Gasteiger partial charge in [0, 0.05) is 23.6 Å². The molecule has 2 aliphatic rings. The SMILES string of the molecule is COc1ccc(OCC2CN(C3CCN(C(=O)c4cc(OC)c(OC)cc4Br)CC3)C(=O)O2)cc1. The average molecular weight is 549 g/mol. The van der Waals surface area contributed by atoms with E-state index in [-0.39, 0.29) is 30.8 Å². The molecule has 4 rings (SSSR count). The molecule has 1 unspecified atom stereocenters. The first kappa shape index (κ1) is 25.0. The molecule has 2 aromatic rings. The molecule has 0 saturated carbocycles. The van der Waals surface area contributed by atoms with Crippen LogP contribution < -0.4 is 18.9 Å². The fourth-order valence-electron chi connectivity index (χ4n) is 4.36. The topological polar surface area (TPSA) is 86.8 Å². The number of nitrogens with zero attached hydrogens (tertiary/aromatic N) is 2. The fraction of sp³-hybridized carbons (Fsp3) is 0.440. The number of rotatable bonds is 8. The summed E-state index contributed by atoms with van der Waals surface area (Å²) in [6.45, 7) is 1.83. The summed E-state index contributed by atoms with van der Waals surface area (Å²) in [5, 5.41) is 0. The number of carbonyl (C=O) groups excluding carboxylic acids is 2. The Morgan fingerprint density at radius 2 is 1.63 bits per heavy atom. The van der Waals surface area contributed by atoms with Crippen molar-refractivity contribution in [1.82, 2.24) is 9.80 Å². The van der Waals surface area contributed by atoms with Crippen LogP contribution in [0, 0.1) is 0 Å². The third-order valence-electron chi connectivity index (χ3n) is 6.29. The first-order valence-electron chi connectivity index (χ1n) is 11.4. The van der Waals surface area contributed by atoms with Crippen LogP contribution in [0.4, 0.5) is 4.79 Å². The van der Waals surface area contributed by atoms with E-state index in [0.717, 1.165) is 5.75 Å². The van der Waals surface area contributed by atoms with E-state index in [1.165, 1.54) is 7.11 Å². The number of hydrogen-bond donors (Lipinski definition) is 0. The molecule has 0 aromatic heterocycles. The van der Waals surface area contributed by atoms with Gasteiger partial charge < -0.3 is 33.5 Å². The van der Waals surface area contributed by atoms with Crippen molar-refractivity contribution < 1.29 is 33.3 Å². The van der Waals surface area contributed by atoms with Gasteiger partial charge in [0.25, 0.3) is 5.91 Å². The number of ether oxygens (including phenoxy) is 5. The molecule has 188 valence electrons. The molecule has 2 aliphatic heterocycles. The van der Waals surface area contributed by atoms with Crippen molar-refractivity contribution in [2.75, 3.05) is 47.6 Å². The lowest BCUT2D eigenvalue weighted by Gasteiger charge is -2.35. The van der Waals surface area contributed by atoms with Crippen LogP contribution in [0.2, 0.25) is 0 Å². The molecule has 0 spiro atoms. The minimum atomic E-state index is -0.341. The van der Waals surface area contributed by atoms with Crippen LogP contribution in [0.25, 0.3) is 0 Å².